The molecule has 0 radical (unpaired) electrons. The number of amides is 1. The van der Waals surface area contributed by atoms with E-state index in [1.165, 1.54) is 4.80 Å². The Balaban J connectivity index is 1.47. The summed E-state index contributed by atoms with van der Waals surface area (Å²) in [5, 5.41) is 12.3. The quantitative estimate of drug-likeness (QED) is 0.389. The van der Waals surface area contributed by atoms with Gasteiger partial charge in [-0.15, -0.1) is 10.2 Å². The largest absolute Gasteiger partial charge is 0.495 e. The second-order valence-electron chi connectivity index (χ2n) is 8.04. The van der Waals surface area contributed by atoms with Crippen LogP contribution in [0.1, 0.15) is 30.9 Å². The Bertz CT molecular complexity index is 1320. The van der Waals surface area contributed by atoms with Gasteiger partial charge in [-0.1, -0.05) is 37.6 Å². The summed E-state index contributed by atoms with van der Waals surface area (Å²) < 4.78 is 11.0. The van der Waals surface area contributed by atoms with E-state index in [2.05, 4.69) is 29.4 Å². The first-order valence-electron chi connectivity index (χ1n) is 10.6. The maximum absolute atomic E-state index is 12.5. The average Bonchev–Trinajstić information content (AvgIpc) is 3.21. The van der Waals surface area contributed by atoms with E-state index in [1.54, 1.807) is 37.4 Å². The van der Waals surface area contributed by atoms with Crippen molar-refractivity contribution in [2.75, 3.05) is 19.0 Å². The monoisotopic (exact) mass is 464 g/mol. The topological polar surface area (TPSA) is 78.3 Å². The van der Waals surface area contributed by atoms with Gasteiger partial charge in [0.1, 0.15) is 22.5 Å². The van der Waals surface area contributed by atoms with E-state index in [1.807, 2.05) is 31.2 Å². The summed E-state index contributed by atoms with van der Waals surface area (Å²) in [5.41, 5.74) is 4.81. The molecule has 1 heterocycles. The van der Waals surface area contributed by atoms with Gasteiger partial charge in [-0.25, -0.2) is 0 Å². The van der Waals surface area contributed by atoms with Crippen molar-refractivity contribution >= 4 is 34.2 Å². The number of nitrogens with zero attached hydrogens (tertiary/aromatic N) is 3. The number of aryl methyl sites for hydroxylation is 1. The SMILES string of the molecule is COc1ccc(-n2nc3ccc(NC(=O)COc4cc(C)ccc4C(C)C)cc3n2)cc1Cl. The van der Waals surface area contributed by atoms with E-state index in [0.29, 0.717) is 39.1 Å². The normalized spacial score (nSPS) is 11.1. The molecule has 4 rings (SSSR count). The predicted molar refractivity (Wildman–Crippen MR) is 130 cm³/mol. The molecule has 0 bridgehead atoms. The highest BCUT2D eigenvalue weighted by atomic mass is 35.5. The zero-order valence-electron chi connectivity index (χ0n) is 18.9. The minimum atomic E-state index is -0.250. The Kier molecular flexibility index (Phi) is 6.51. The summed E-state index contributed by atoms with van der Waals surface area (Å²) in [5.74, 6) is 1.36. The Labute approximate surface area is 197 Å². The highest BCUT2D eigenvalue weighted by Gasteiger charge is 2.12. The fraction of sp³-hybridized carbons (Fsp3) is 0.240. The van der Waals surface area contributed by atoms with Crippen molar-refractivity contribution < 1.29 is 14.3 Å². The molecule has 170 valence electrons. The molecule has 8 heteroatoms. The van der Waals surface area contributed by atoms with E-state index in [0.717, 1.165) is 16.9 Å². The number of carbonyl (C=O) groups is 1. The molecule has 0 saturated carbocycles. The smallest absolute Gasteiger partial charge is 0.262 e. The van der Waals surface area contributed by atoms with Crippen molar-refractivity contribution in [3.05, 3.63) is 70.7 Å². The van der Waals surface area contributed by atoms with Gasteiger partial charge in [0.15, 0.2) is 6.61 Å². The lowest BCUT2D eigenvalue weighted by atomic mass is 10.0. The van der Waals surface area contributed by atoms with Gasteiger partial charge < -0.3 is 14.8 Å². The van der Waals surface area contributed by atoms with Crippen LogP contribution in [-0.4, -0.2) is 34.6 Å². The predicted octanol–water partition coefficient (Wildman–Crippen LogP) is 5.53. The second kappa shape index (κ2) is 9.50. The van der Waals surface area contributed by atoms with Crippen LogP contribution < -0.4 is 14.8 Å². The van der Waals surface area contributed by atoms with E-state index < -0.39 is 0 Å². The molecule has 1 amide bonds. The number of benzene rings is 3. The number of nitrogens with one attached hydrogen (secondary N) is 1. The zero-order chi connectivity index (χ0) is 23.5. The number of ether oxygens (including phenoxy) is 2. The molecule has 0 unspecified atom stereocenters. The molecule has 1 aromatic heterocycles. The van der Waals surface area contributed by atoms with Crippen LogP contribution in [-0.2, 0) is 4.79 Å². The number of hydrogen-bond acceptors (Lipinski definition) is 5. The van der Waals surface area contributed by atoms with Crippen LogP contribution in [0, 0.1) is 6.92 Å². The lowest BCUT2D eigenvalue weighted by Gasteiger charge is -2.14. The lowest BCUT2D eigenvalue weighted by molar-refractivity contribution is -0.118. The molecule has 0 saturated heterocycles. The first kappa shape index (κ1) is 22.6. The minimum absolute atomic E-state index is 0.0851. The molecular weight excluding hydrogens is 440 g/mol. The summed E-state index contributed by atoms with van der Waals surface area (Å²) >= 11 is 6.22. The van der Waals surface area contributed by atoms with Crippen LogP contribution in [0.3, 0.4) is 0 Å². The van der Waals surface area contributed by atoms with Gasteiger partial charge in [0.05, 0.1) is 17.8 Å². The van der Waals surface area contributed by atoms with Gasteiger partial charge >= 0.3 is 0 Å². The molecule has 0 aliphatic rings. The van der Waals surface area contributed by atoms with Crippen LogP contribution in [0.15, 0.2) is 54.6 Å². The van der Waals surface area contributed by atoms with E-state index in [-0.39, 0.29) is 12.5 Å². The fourth-order valence-corrected chi connectivity index (χ4v) is 3.72. The van der Waals surface area contributed by atoms with Crippen LogP contribution in [0.4, 0.5) is 5.69 Å². The van der Waals surface area contributed by atoms with Gasteiger partial charge in [0.25, 0.3) is 5.91 Å². The van der Waals surface area contributed by atoms with E-state index in [4.69, 9.17) is 21.1 Å². The Morgan fingerprint density at radius 3 is 2.55 bits per heavy atom. The number of aromatic nitrogens is 3. The Morgan fingerprint density at radius 2 is 1.82 bits per heavy atom. The first-order chi connectivity index (χ1) is 15.8. The summed E-state index contributed by atoms with van der Waals surface area (Å²) in [4.78, 5) is 14.0. The molecule has 33 heavy (non-hydrogen) atoms. The molecule has 0 spiro atoms. The second-order valence-corrected chi connectivity index (χ2v) is 8.45. The number of anilines is 1. The van der Waals surface area contributed by atoms with E-state index >= 15 is 0 Å². The average molecular weight is 465 g/mol. The van der Waals surface area contributed by atoms with Crippen molar-refractivity contribution in [1.82, 2.24) is 15.0 Å². The maximum Gasteiger partial charge on any atom is 0.262 e. The molecule has 1 N–H and O–H groups in total. The van der Waals surface area contributed by atoms with Gasteiger partial charge in [0.2, 0.25) is 0 Å². The third-order valence-electron chi connectivity index (χ3n) is 5.18. The van der Waals surface area contributed by atoms with E-state index in [9.17, 15) is 4.79 Å². The van der Waals surface area contributed by atoms with Crippen molar-refractivity contribution in [2.24, 2.45) is 0 Å². The van der Waals surface area contributed by atoms with Gasteiger partial charge in [-0.2, -0.15) is 4.80 Å². The Morgan fingerprint density at radius 1 is 1.03 bits per heavy atom. The lowest BCUT2D eigenvalue weighted by Crippen LogP contribution is -2.20. The molecule has 7 nitrogen and oxygen atoms in total. The summed E-state index contributed by atoms with van der Waals surface area (Å²) in [6, 6.07) is 16.7. The standard InChI is InChI=1S/C25H25ClN4O3/c1-15(2)19-8-5-16(3)11-24(19)33-14-25(31)27-17-6-9-21-22(12-17)29-30(28-21)18-7-10-23(32-4)20(26)13-18/h5-13,15H,14H2,1-4H3,(H,27,31). The molecule has 0 aliphatic heterocycles. The molecule has 0 aliphatic carbocycles. The molecule has 3 aromatic carbocycles. The van der Waals surface area contributed by atoms with Crippen molar-refractivity contribution in [3.63, 3.8) is 0 Å². The molecule has 0 atom stereocenters. The number of hydrogen-bond donors (Lipinski definition) is 1. The number of halogens is 1. The van der Waals surface area contributed by atoms with Crippen molar-refractivity contribution in [2.45, 2.75) is 26.7 Å². The zero-order valence-corrected chi connectivity index (χ0v) is 19.7. The number of fused-ring (bicyclic) bond motifs is 1. The molecule has 4 aromatic rings. The van der Waals surface area contributed by atoms with Crippen molar-refractivity contribution in [1.29, 1.82) is 0 Å². The highest BCUT2D eigenvalue weighted by Crippen LogP contribution is 2.28. The maximum atomic E-state index is 12.5. The fourth-order valence-electron chi connectivity index (χ4n) is 3.47. The number of rotatable bonds is 7. The van der Waals surface area contributed by atoms with Crippen LogP contribution in [0.2, 0.25) is 5.02 Å². The Hall–Kier alpha value is -3.58. The van der Waals surface area contributed by atoms with Crippen LogP contribution >= 0.6 is 11.6 Å². The third kappa shape index (κ3) is 5.09. The van der Waals surface area contributed by atoms with Gasteiger partial charge in [-0.3, -0.25) is 4.79 Å². The van der Waals surface area contributed by atoms with Crippen molar-refractivity contribution in [3.8, 4) is 17.2 Å². The first-order valence-corrected chi connectivity index (χ1v) is 11.0. The summed E-state index contributed by atoms with van der Waals surface area (Å²) in [7, 11) is 1.56. The minimum Gasteiger partial charge on any atom is -0.495 e. The number of methoxy groups -OCH3 is 1. The third-order valence-corrected chi connectivity index (χ3v) is 5.48. The summed E-state index contributed by atoms with van der Waals surface area (Å²) in [6.45, 7) is 6.11. The van der Waals surface area contributed by atoms with Gasteiger partial charge in [-0.05, 0) is 66.4 Å². The van der Waals surface area contributed by atoms with Gasteiger partial charge in [0, 0.05) is 5.69 Å². The summed E-state index contributed by atoms with van der Waals surface area (Å²) in [6.07, 6.45) is 0. The van der Waals surface area contributed by atoms with Crippen LogP contribution in [0.5, 0.6) is 11.5 Å². The number of carbonyl (C=O) groups excluding carboxylic acids is 1. The molecular formula is C25H25ClN4O3. The highest BCUT2D eigenvalue weighted by molar-refractivity contribution is 6.32. The molecule has 0 fully saturated rings. The van der Waals surface area contributed by atoms with Crippen LogP contribution in [0.25, 0.3) is 16.7 Å².